The van der Waals surface area contributed by atoms with Crippen molar-refractivity contribution in [2.75, 3.05) is 19.6 Å². The molecule has 0 aromatic carbocycles. The molecule has 1 rings (SSSR count). The SMILES string of the molecule is CC(C)C(=O)N(CC(N)=O)C1CCNCC1. The quantitative estimate of drug-likeness (QED) is 0.693. The van der Waals surface area contributed by atoms with Gasteiger partial charge in [-0.25, -0.2) is 0 Å². The van der Waals surface area contributed by atoms with Gasteiger partial charge in [-0.05, 0) is 25.9 Å². The third-order valence-electron chi connectivity index (χ3n) is 2.85. The largest absolute Gasteiger partial charge is 0.368 e. The third-order valence-corrected chi connectivity index (χ3v) is 2.85. The second kappa shape index (κ2) is 5.84. The number of carbonyl (C=O) groups excluding carboxylic acids is 2. The number of hydrogen-bond donors (Lipinski definition) is 2. The Kier molecular flexibility index (Phi) is 4.73. The molecule has 1 fully saturated rings. The molecule has 0 aromatic heterocycles. The summed E-state index contributed by atoms with van der Waals surface area (Å²) in [7, 11) is 0. The van der Waals surface area contributed by atoms with E-state index in [1.54, 1.807) is 4.90 Å². The first-order chi connectivity index (χ1) is 7.52. The summed E-state index contributed by atoms with van der Waals surface area (Å²) >= 11 is 0. The molecule has 0 unspecified atom stereocenters. The fourth-order valence-corrected chi connectivity index (χ4v) is 2.00. The van der Waals surface area contributed by atoms with E-state index in [0.29, 0.717) is 0 Å². The van der Waals surface area contributed by atoms with E-state index in [-0.39, 0.29) is 24.4 Å². The van der Waals surface area contributed by atoms with E-state index in [4.69, 9.17) is 5.73 Å². The summed E-state index contributed by atoms with van der Waals surface area (Å²) < 4.78 is 0. The summed E-state index contributed by atoms with van der Waals surface area (Å²) in [5.41, 5.74) is 5.19. The maximum Gasteiger partial charge on any atom is 0.237 e. The Morgan fingerprint density at radius 3 is 2.38 bits per heavy atom. The average molecular weight is 227 g/mol. The second-order valence-electron chi connectivity index (χ2n) is 4.57. The van der Waals surface area contributed by atoms with Crippen molar-refractivity contribution in [3.05, 3.63) is 0 Å². The summed E-state index contributed by atoms with van der Waals surface area (Å²) in [4.78, 5) is 24.6. The lowest BCUT2D eigenvalue weighted by molar-refractivity contribution is -0.140. The van der Waals surface area contributed by atoms with Crippen LogP contribution in [0.2, 0.25) is 0 Å². The molecule has 0 aliphatic carbocycles. The maximum atomic E-state index is 12.0. The van der Waals surface area contributed by atoms with E-state index >= 15 is 0 Å². The Morgan fingerprint density at radius 1 is 1.38 bits per heavy atom. The van der Waals surface area contributed by atoms with E-state index < -0.39 is 5.91 Å². The van der Waals surface area contributed by atoms with Gasteiger partial charge in [-0.15, -0.1) is 0 Å². The van der Waals surface area contributed by atoms with Crippen LogP contribution in [0.25, 0.3) is 0 Å². The van der Waals surface area contributed by atoms with Crippen molar-refractivity contribution in [2.45, 2.75) is 32.7 Å². The number of nitrogens with two attached hydrogens (primary N) is 1. The number of nitrogens with zero attached hydrogens (tertiary/aromatic N) is 1. The van der Waals surface area contributed by atoms with Crippen LogP contribution < -0.4 is 11.1 Å². The molecule has 1 aliphatic rings. The molecule has 2 amide bonds. The number of primary amides is 1. The van der Waals surface area contributed by atoms with Crippen molar-refractivity contribution in [3.8, 4) is 0 Å². The van der Waals surface area contributed by atoms with E-state index in [0.717, 1.165) is 25.9 Å². The first kappa shape index (κ1) is 13.0. The standard InChI is InChI=1S/C11H21N3O2/c1-8(2)11(16)14(7-10(12)15)9-3-5-13-6-4-9/h8-9,13H,3-7H2,1-2H3,(H2,12,15). The zero-order chi connectivity index (χ0) is 12.1. The van der Waals surface area contributed by atoms with Crippen molar-refractivity contribution in [1.29, 1.82) is 0 Å². The van der Waals surface area contributed by atoms with Crippen LogP contribution in [0, 0.1) is 5.92 Å². The Morgan fingerprint density at radius 2 is 1.94 bits per heavy atom. The second-order valence-corrected chi connectivity index (χ2v) is 4.57. The summed E-state index contributed by atoms with van der Waals surface area (Å²) in [6.45, 7) is 5.52. The summed E-state index contributed by atoms with van der Waals surface area (Å²) in [5, 5.41) is 3.24. The van der Waals surface area contributed by atoms with Crippen LogP contribution in [-0.4, -0.2) is 42.4 Å². The molecule has 1 heterocycles. The topological polar surface area (TPSA) is 75.4 Å². The minimum Gasteiger partial charge on any atom is -0.368 e. The molecule has 16 heavy (non-hydrogen) atoms. The van der Waals surface area contributed by atoms with Gasteiger partial charge < -0.3 is 16.0 Å². The lowest BCUT2D eigenvalue weighted by atomic mass is 10.0. The fourth-order valence-electron chi connectivity index (χ4n) is 2.00. The van der Waals surface area contributed by atoms with Crippen LogP contribution >= 0.6 is 0 Å². The van der Waals surface area contributed by atoms with Gasteiger partial charge in [0.2, 0.25) is 11.8 Å². The lowest BCUT2D eigenvalue weighted by Gasteiger charge is -2.35. The Labute approximate surface area is 96.4 Å². The number of piperidine rings is 1. The molecule has 5 heteroatoms. The number of carbonyl (C=O) groups is 2. The molecule has 1 saturated heterocycles. The fraction of sp³-hybridized carbons (Fsp3) is 0.818. The van der Waals surface area contributed by atoms with Crippen LogP contribution in [0.4, 0.5) is 0 Å². The Balaban J connectivity index is 2.68. The van der Waals surface area contributed by atoms with Crippen LogP contribution in [0.1, 0.15) is 26.7 Å². The number of rotatable bonds is 4. The predicted molar refractivity (Wildman–Crippen MR) is 61.6 cm³/mol. The van der Waals surface area contributed by atoms with E-state index in [2.05, 4.69) is 5.32 Å². The molecule has 0 atom stereocenters. The molecule has 0 bridgehead atoms. The molecule has 5 nitrogen and oxygen atoms in total. The van der Waals surface area contributed by atoms with Crippen molar-refractivity contribution >= 4 is 11.8 Å². The van der Waals surface area contributed by atoms with Gasteiger partial charge in [0.15, 0.2) is 0 Å². The zero-order valence-electron chi connectivity index (χ0n) is 10.0. The third kappa shape index (κ3) is 3.48. The molecular formula is C11H21N3O2. The van der Waals surface area contributed by atoms with Crippen LogP contribution in [0.3, 0.4) is 0 Å². The highest BCUT2D eigenvalue weighted by atomic mass is 16.2. The molecule has 0 radical (unpaired) electrons. The zero-order valence-corrected chi connectivity index (χ0v) is 10.0. The molecule has 3 N–H and O–H groups in total. The highest BCUT2D eigenvalue weighted by Gasteiger charge is 2.27. The lowest BCUT2D eigenvalue weighted by Crippen LogP contribution is -2.50. The van der Waals surface area contributed by atoms with Crippen LogP contribution in [0.15, 0.2) is 0 Å². The maximum absolute atomic E-state index is 12.0. The van der Waals surface area contributed by atoms with Gasteiger partial charge in [0.1, 0.15) is 0 Å². The molecule has 0 saturated carbocycles. The Hall–Kier alpha value is -1.10. The highest BCUT2D eigenvalue weighted by molar-refractivity contribution is 5.85. The van der Waals surface area contributed by atoms with E-state index in [9.17, 15) is 9.59 Å². The van der Waals surface area contributed by atoms with Crippen LogP contribution in [0.5, 0.6) is 0 Å². The van der Waals surface area contributed by atoms with Crippen molar-refractivity contribution < 1.29 is 9.59 Å². The smallest absolute Gasteiger partial charge is 0.237 e. The van der Waals surface area contributed by atoms with Crippen molar-refractivity contribution in [2.24, 2.45) is 11.7 Å². The summed E-state index contributed by atoms with van der Waals surface area (Å²) in [6.07, 6.45) is 1.79. The molecule has 0 spiro atoms. The summed E-state index contributed by atoms with van der Waals surface area (Å²) in [5.74, 6) is -0.507. The monoisotopic (exact) mass is 227 g/mol. The van der Waals surface area contributed by atoms with Gasteiger partial charge in [-0.1, -0.05) is 13.8 Å². The Bertz CT molecular complexity index is 260. The molecule has 1 aliphatic heterocycles. The van der Waals surface area contributed by atoms with Crippen molar-refractivity contribution in [3.63, 3.8) is 0 Å². The highest BCUT2D eigenvalue weighted by Crippen LogP contribution is 2.14. The van der Waals surface area contributed by atoms with Crippen LogP contribution in [-0.2, 0) is 9.59 Å². The van der Waals surface area contributed by atoms with Gasteiger partial charge >= 0.3 is 0 Å². The first-order valence-electron chi connectivity index (χ1n) is 5.82. The molecule has 0 aromatic rings. The first-order valence-corrected chi connectivity index (χ1v) is 5.82. The number of hydrogen-bond acceptors (Lipinski definition) is 3. The molecular weight excluding hydrogens is 206 g/mol. The normalized spacial score (nSPS) is 17.4. The van der Waals surface area contributed by atoms with Gasteiger partial charge in [0.05, 0.1) is 6.54 Å². The van der Waals surface area contributed by atoms with Gasteiger partial charge in [-0.2, -0.15) is 0 Å². The predicted octanol–water partition coefficient (Wildman–Crippen LogP) is -0.292. The van der Waals surface area contributed by atoms with Gasteiger partial charge in [0.25, 0.3) is 0 Å². The average Bonchev–Trinajstić information content (AvgIpc) is 2.26. The molecule has 92 valence electrons. The van der Waals surface area contributed by atoms with Gasteiger partial charge in [-0.3, -0.25) is 9.59 Å². The van der Waals surface area contributed by atoms with E-state index in [1.807, 2.05) is 13.8 Å². The van der Waals surface area contributed by atoms with Gasteiger partial charge in [0, 0.05) is 12.0 Å². The van der Waals surface area contributed by atoms with Crippen molar-refractivity contribution in [1.82, 2.24) is 10.2 Å². The summed E-state index contributed by atoms with van der Waals surface area (Å²) in [6, 6.07) is 0.156. The number of nitrogens with one attached hydrogen (secondary N) is 1. The minimum atomic E-state index is -0.437. The number of amides is 2. The van der Waals surface area contributed by atoms with E-state index in [1.165, 1.54) is 0 Å². The minimum absolute atomic E-state index is 0.0192.